The van der Waals surface area contributed by atoms with Crippen LogP contribution < -0.4 is 0 Å². The fourth-order valence-electron chi connectivity index (χ4n) is 4.64. The highest BCUT2D eigenvalue weighted by molar-refractivity contribution is 7.99. The van der Waals surface area contributed by atoms with E-state index in [9.17, 15) is 4.57 Å². The van der Waals surface area contributed by atoms with Gasteiger partial charge in [0.2, 0.25) is 0 Å². The van der Waals surface area contributed by atoms with E-state index >= 15 is 0 Å². The zero-order valence-corrected chi connectivity index (χ0v) is 26.0. The standard InChI is InChI=1S/C29H49O8PS/c1-6-9-17-31-21-25-26(32-18-10-7-2)27(33-19-11-8-3)28(29(34-25)39-24-15-13-12-14-16-24)37-38(30)35-22(4)20-23(5)36-38/h12-16,22-23,25-29H,6-11,17-21H2,1-5H3/t22-,23-,25?,26?,27?,28?,29?/m1/s1. The molecule has 3 rings (SSSR count). The van der Waals surface area contributed by atoms with Gasteiger partial charge in [0.15, 0.2) is 0 Å². The molecule has 0 amide bonds. The van der Waals surface area contributed by atoms with Gasteiger partial charge in [0.05, 0.1) is 18.8 Å². The highest BCUT2D eigenvalue weighted by Crippen LogP contribution is 2.58. The summed E-state index contributed by atoms with van der Waals surface area (Å²) in [4.78, 5) is 1.00. The van der Waals surface area contributed by atoms with E-state index in [0.717, 1.165) is 43.4 Å². The van der Waals surface area contributed by atoms with Gasteiger partial charge < -0.3 is 18.9 Å². The molecule has 0 aliphatic carbocycles. The van der Waals surface area contributed by atoms with Crippen LogP contribution in [0.2, 0.25) is 0 Å². The van der Waals surface area contributed by atoms with E-state index in [2.05, 4.69) is 20.8 Å². The molecule has 5 unspecified atom stereocenters. The van der Waals surface area contributed by atoms with E-state index in [-0.39, 0.29) is 18.3 Å². The second-order valence-electron chi connectivity index (χ2n) is 10.4. The molecule has 1 aromatic carbocycles. The summed E-state index contributed by atoms with van der Waals surface area (Å²) in [7, 11) is -3.88. The molecule has 10 heteroatoms. The lowest BCUT2D eigenvalue weighted by Crippen LogP contribution is -2.60. The minimum absolute atomic E-state index is 0.250. The molecule has 0 spiro atoms. The first-order valence-corrected chi connectivity index (χ1v) is 17.1. The van der Waals surface area contributed by atoms with Crippen molar-refractivity contribution in [2.75, 3.05) is 26.4 Å². The summed E-state index contributed by atoms with van der Waals surface area (Å²) in [6.07, 6.45) is 3.83. The second-order valence-corrected chi connectivity index (χ2v) is 13.1. The van der Waals surface area contributed by atoms with Crippen LogP contribution in [0.25, 0.3) is 0 Å². The molecule has 2 saturated heterocycles. The van der Waals surface area contributed by atoms with Crippen LogP contribution >= 0.6 is 19.6 Å². The largest absolute Gasteiger partial charge is 0.475 e. The van der Waals surface area contributed by atoms with Crippen LogP contribution in [0.5, 0.6) is 0 Å². The molecule has 0 saturated carbocycles. The van der Waals surface area contributed by atoms with Crippen molar-refractivity contribution in [3.63, 3.8) is 0 Å². The molecule has 2 aliphatic heterocycles. The van der Waals surface area contributed by atoms with Gasteiger partial charge in [-0.05, 0) is 45.2 Å². The Morgan fingerprint density at radius 1 is 0.846 bits per heavy atom. The molecule has 2 heterocycles. The Labute approximate surface area is 239 Å². The monoisotopic (exact) mass is 588 g/mol. The van der Waals surface area contributed by atoms with Gasteiger partial charge in [-0.3, -0.25) is 13.6 Å². The van der Waals surface area contributed by atoms with Crippen LogP contribution in [0, 0.1) is 0 Å². The van der Waals surface area contributed by atoms with Gasteiger partial charge in [0.1, 0.15) is 29.9 Å². The molecule has 2 fully saturated rings. The fraction of sp³-hybridized carbons (Fsp3) is 0.793. The third-order valence-corrected chi connectivity index (χ3v) is 9.55. The Bertz CT molecular complexity index is 832. The molecule has 39 heavy (non-hydrogen) atoms. The predicted molar refractivity (Wildman–Crippen MR) is 154 cm³/mol. The quantitative estimate of drug-likeness (QED) is 0.137. The van der Waals surface area contributed by atoms with E-state index in [1.54, 1.807) is 0 Å². The van der Waals surface area contributed by atoms with Crippen molar-refractivity contribution in [2.24, 2.45) is 0 Å². The first-order valence-electron chi connectivity index (χ1n) is 14.7. The Balaban J connectivity index is 1.94. The summed E-state index contributed by atoms with van der Waals surface area (Å²) in [5.74, 6) is 0. The first-order chi connectivity index (χ1) is 18.9. The van der Waals surface area contributed by atoms with Gasteiger partial charge in [-0.15, -0.1) is 0 Å². The number of thioether (sulfide) groups is 1. The van der Waals surface area contributed by atoms with Crippen LogP contribution in [-0.2, 0) is 37.1 Å². The van der Waals surface area contributed by atoms with Gasteiger partial charge >= 0.3 is 7.82 Å². The van der Waals surface area contributed by atoms with E-state index in [1.165, 1.54) is 11.8 Å². The van der Waals surface area contributed by atoms with Crippen LogP contribution in [0.4, 0.5) is 0 Å². The molecule has 0 radical (unpaired) electrons. The number of unbranched alkanes of at least 4 members (excludes halogenated alkanes) is 3. The SMILES string of the molecule is CCCCOCC1OC(Sc2ccccc2)C(OP2(=O)O[C@H](C)C[C@@H](C)O2)C(OCCCC)C1OCCCC. The van der Waals surface area contributed by atoms with Crippen molar-refractivity contribution < 1.29 is 37.1 Å². The van der Waals surface area contributed by atoms with E-state index in [4.69, 9.17) is 32.5 Å². The van der Waals surface area contributed by atoms with Gasteiger partial charge in [-0.2, -0.15) is 0 Å². The lowest BCUT2D eigenvalue weighted by Gasteiger charge is -2.46. The van der Waals surface area contributed by atoms with Crippen molar-refractivity contribution >= 4 is 19.6 Å². The second kappa shape index (κ2) is 17.5. The zero-order chi connectivity index (χ0) is 28.1. The first kappa shape index (κ1) is 33.0. The molecule has 7 atom stereocenters. The third-order valence-electron chi connectivity index (χ3n) is 6.66. The summed E-state index contributed by atoms with van der Waals surface area (Å²) in [6, 6.07) is 9.99. The average molecular weight is 589 g/mol. The molecule has 0 bridgehead atoms. The molecule has 2 aliphatic rings. The Hall–Kier alpha value is -0.480. The highest BCUT2D eigenvalue weighted by Gasteiger charge is 2.52. The molecular weight excluding hydrogens is 539 g/mol. The number of rotatable bonds is 17. The summed E-state index contributed by atoms with van der Waals surface area (Å²) in [5, 5.41) is 0. The maximum absolute atomic E-state index is 13.8. The Kier molecular flexibility index (Phi) is 14.8. The Morgan fingerprint density at radius 2 is 1.44 bits per heavy atom. The lowest BCUT2D eigenvalue weighted by molar-refractivity contribution is -0.236. The molecular formula is C29H49O8PS. The van der Waals surface area contributed by atoms with Crippen LogP contribution in [0.15, 0.2) is 35.2 Å². The zero-order valence-electron chi connectivity index (χ0n) is 24.3. The molecule has 0 N–H and O–H groups in total. The minimum Gasteiger partial charge on any atom is -0.379 e. The topological polar surface area (TPSA) is 81.7 Å². The van der Waals surface area contributed by atoms with Crippen molar-refractivity contribution in [3.05, 3.63) is 30.3 Å². The van der Waals surface area contributed by atoms with Crippen LogP contribution in [0.1, 0.15) is 79.6 Å². The van der Waals surface area contributed by atoms with Gasteiger partial charge in [-0.25, -0.2) is 4.57 Å². The smallest absolute Gasteiger partial charge is 0.379 e. The number of benzene rings is 1. The summed E-state index contributed by atoms with van der Waals surface area (Å²) >= 11 is 1.51. The van der Waals surface area contributed by atoms with Crippen LogP contribution in [-0.4, -0.2) is 68.5 Å². The normalized spacial score (nSPS) is 33.3. The number of ether oxygens (including phenoxy) is 4. The molecule has 1 aromatic rings. The van der Waals surface area contributed by atoms with E-state index in [1.807, 2.05) is 44.2 Å². The number of phosphoric acid groups is 1. The maximum atomic E-state index is 13.8. The summed E-state index contributed by atoms with van der Waals surface area (Å²) < 4.78 is 57.4. The highest BCUT2D eigenvalue weighted by atomic mass is 32.2. The van der Waals surface area contributed by atoms with Crippen molar-refractivity contribution in [2.45, 2.75) is 127 Å². The third kappa shape index (κ3) is 10.7. The number of phosphoric ester groups is 1. The maximum Gasteiger partial charge on any atom is 0.475 e. The van der Waals surface area contributed by atoms with E-state index < -0.39 is 31.6 Å². The molecule has 8 nitrogen and oxygen atoms in total. The average Bonchev–Trinajstić information content (AvgIpc) is 2.89. The van der Waals surface area contributed by atoms with E-state index in [0.29, 0.717) is 32.8 Å². The number of hydrogen-bond acceptors (Lipinski definition) is 9. The lowest BCUT2D eigenvalue weighted by atomic mass is 9.99. The fourth-order valence-corrected chi connectivity index (χ4v) is 7.57. The molecule has 0 aromatic heterocycles. The number of hydrogen-bond donors (Lipinski definition) is 0. The van der Waals surface area contributed by atoms with Crippen molar-refractivity contribution in [1.29, 1.82) is 0 Å². The predicted octanol–water partition coefficient (Wildman–Crippen LogP) is 7.40. The van der Waals surface area contributed by atoms with Gasteiger partial charge in [0.25, 0.3) is 0 Å². The summed E-state index contributed by atoms with van der Waals surface area (Å²) in [5.41, 5.74) is -0.546. The van der Waals surface area contributed by atoms with Gasteiger partial charge in [0, 0.05) is 31.1 Å². The minimum atomic E-state index is -3.88. The Morgan fingerprint density at radius 3 is 2.05 bits per heavy atom. The summed E-state index contributed by atoms with van der Waals surface area (Å²) in [6.45, 7) is 12.3. The molecule has 224 valence electrons. The van der Waals surface area contributed by atoms with Crippen LogP contribution in [0.3, 0.4) is 0 Å². The van der Waals surface area contributed by atoms with Crippen molar-refractivity contribution in [3.8, 4) is 0 Å². The van der Waals surface area contributed by atoms with Gasteiger partial charge in [-0.1, -0.05) is 70.0 Å². The van der Waals surface area contributed by atoms with Crippen molar-refractivity contribution in [1.82, 2.24) is 0 Å².